The number of thiazole rings is 1. The van der Waals surface area contributed by atoms with Gasteiger partial charge in [-0.25, -0.2) is 9.98 Å². The predicted molar refractivity (Wildman–Crippen MR) is 106 cm³/mol. The summed E-state index contributed by atoms with van der Waals surface area (Å²) in [7, 11) is 0. The summed E-state index contributed by atoms with van der Waals surface area (Å²) in [6, 6.07) is 7.26. The summed E-state index contributed by atoms with van der Waals surface area (Å²) >= 11 is 1.56. The highest BCUT2D eigenvalue weighted by Crippen LogP contribution is 2.22. The maximum atomic E-state index is 11.0. The van der Waals surface area contributed by atoms with Gasteiger partial charge in [0, 0.05) is 24.5 Å². The first-order chi connectivity index (χ1) is 11.8. The molecule has 7 heteroatoms. The van der Waals surface area contributed by atoms with E-state index in [9.17, 15) is 4.79 Å². The molecule has 0 unspecified atom stereocenters. The van der Waals surface area contributed by atoms with Crippen molar-refractivity contribution in [3.8, 4) is 0 Å². The Labute approximate surface area is 151 Å². The fraction of sp³-hybridized carbons (Fsp3) is 0.167. The van der Waals surface area contributed by atoms with Gasteiger partial charge in [-0.15, -0.1) is 11.3 Å². The Hall–Kier alpha value is -2.93. The van der Waals surface area contributed by atoms with E-state index in [2.05, 4.69) is 27.2 Å². The highest BCUT2D eigenvalue weighted by Gasteiger charge is 2.06. The maximum absolute atomic E-state index is 11.0. The van der Waals surface area contributed by atoms with Crippen LogP contribution in [0.4, 0.5) is 11.4 Å². The number of aromatic nitrogens is 1. The number of aliphatic imine (C=N–C) groups is 1. The van der Waals surface area contributed by atoms with E-state index in [1.54, 1.807) is 35.8 Å². The van der Waals surface area contributed by atoms with Gasteiger partial charge in [-0.2, -0.15) is 0 Å². The van der Waals surface area contributed by atoms with Crippen LogP contribution in [0.3, 0.4) is 0 Å². The van der Waals surface area contributed by atoms with E-state index in [4.69, 9.17) is 5.73 Å². The van der Waals surface area contributed by atoms with Gasteiger partial charge in [-0.1, -0.05) is 6.58 Å². The van der Waals surface area contributed by atoms with Crippen molar-refractivity contribution in [1.29, 1.82) is 0 Å². The minimum atomic E-state index is -0.106. The predicted octanol–water partition coefficient (Wildman–Crippen LogP) is 3.67. The number of nitrogens with one attached hydrogen (secondary N) is 2. The van der Waals surface area contributed by atoms with Gasteiger partial charge in [-0.05, 0) is 44.2 Å². The molecule has 2 rings (SSSR count). The Morgan fingerprint density at radius 2 is 1.84 bits per heavy atom. The second kappa shape index (κ2) is 8.25. The number of carbonyl (C=O) groups is 1. The lowest BCUT2D eigenvalue weighted by atomic mass is 10.3. The van der Waals surface area contributed by atoms with Crippen molar-refractivity contribution in [1.82, 2.24) is 4.98 Å². The van der Waals surface area contributed by atoms with Gasteiger partial charge < -0.3 is 16.4 Å². The normalized spacial score (nSPS) is 11.6. The number of hydrogen-bond acceptors (Lipinski definition) is 6. The van der Waals surface area contributed by atoms with E-state index in [0.717, 1.165) is 27.0 Å². The third-order valence-corrected chi connectivity index (χ3v) is 4.27. The third kappa shape index (κ3) is 5.58. The van der Waals surface area contributed by atoms with Crippen LogP contribution >= 0.6 is 11.3 Å². The number of rotatable bonds is 6. The smallest absolute Gasteiger partial charge is 0.221 e. The van der Waals surface area contributed by atoms with Gasteiger partial charge in [0.25, 0.3) is 0 Å². The van der Waals surface area contributed by atoms with Crippen molar-refractivity contribution >= 4 is 40.5 Å². The zero-order valence-corrected chi connectivity index (χ0v) is 15.3. The molecule has 1 aromatic heterocycles. The second-order valence-electron chi connectivity index (χ2n) is 5.38. The number of benzene rings is 1. The van der Waals surface area contributed by atoms with Crippen LogP contribution in [0.25, 0.3) is 5.70 Å². The number of allylic oxidation sites excluding steroid dienone is 1. The molecule has 0 aliphatic rings. The molecule has 0 saturated carbocycles. The molecule has 1 heterocycles. The number of amides is 1. The van der Waals surface area contributed by atoms with E-state index in [0.29, 0.717) is 11.5 Å². The average molecular weight is 355 g/mol. The summed E-state index contributed by atoms with van der Waals surface area (Å²) in [6.45, 7) is 9.20. The SMILES string of the molecule is C=C(/N=C\C=C(/N)c1sc(C)nc1C)Nc1ccc(NC(C)=O)cc1. The first-order valence-corrected chi connectivity index (χ1v) is 8.44. The summed E-state index contributed by atoms with van der Waals surface area (Å²) in [5.74, 6) is 0.374. The molecule has 1 aromatic carbocycles. The number of nitrogens with zero attached hydrogens (tertiary/aromatic N) is 2. The van der Waals surface area contributed by atoms with Crippen molar-refractivity contribution in [2.45, 2.75) is 20.8 Å². The van der Waals surface area contributed by atoms with E-state index in [1.807, 2.05) is 26.0 Å². The minimum Gasteiger partial charge on any atom is -0.397 e. The molecular formula is C18H21N5OS. The van der Waals surface area contributed by atoms with E-state index < -0.39 is 0 Å². The lowest BCUT2D eigenvalue weighted by molar-refractivity contribution is -0.114. The zero-order valence-electron chi connectivity index (χ0n) is 14.5. The summed E-state index contributed by atoms with van der Waals surface area (Å²) in [5.41, 5.74) is 9.16. The summed E-state index contributed by atoms with van der Waals surface area (Å²) in [6.07, 6.45) is 3.33. The lowest BCUT2D eigenvalue weighted by Gasteiger charge is -2.07. The molecule has 0 aliphatic carbocycles. The summed E-state index contributed by atoms with van der Waals surface area (Å²) < 4.78 is 0. The van der Waals surface area contributed by atoms with Crippen molar-refractivity contribution in [2.75, 3.05) is 10.6 Å². The maximum Gasteiger partial charge on any atom is 0.221 e. The molecule has 0 radical (unpaired) electrons. The van der Waals surface area contributed by atoms with Crippen LogP contribution in [0.15, 0.2) is 47.7 Å². The monoisotopic (exact) mass is 355 g/mol. The molecule has 0 aliphatic heterocycles. The number of anilines is 2. The highest BCUT2D eigenvalue weighted by molar-refractivity contribution is 7.12. The van der Waals surface area contributed by atoms with Gasteiger partial charge in [0.15, 0.2) is 0 Å². The molecule has 0 spiro atoms. The molecule has 4 N–H and O–H groups in total. The number of nitrogens with two attached hydrogens (primary N) is 1. The number of aryl methyl sites for hydroxylation is 2. The Morgan fingerprint density at radius 1 is 1.24 bits per heavy atom. The van der Waals surface area contributed by atoms with E-state index >= 15 is 0 Å². The highest BCUT2D eigenvalue weighted by atomic mass is 32.1. The topological polar surface area (TPSA) is 92.4 Å². The summed E-state index contributed by atoms with van der Waals surface area (Å²) in [4.78, 5) is 20.5. The van der Waals surface area contributed by atoms with Crippen molar-refractivity contribution in [3.63, 3.8) is 0 Å². The molecule has 1 amide bonds. The quantitative estimate of drug-likeness (QED) is 0.689. The Morgan fingerprint density at radius 3 is 2.36 bits per heavy atom. The van der Waals surface area contributed by atoms with Crippen LogP contribution < -0.4 is 16.4 Å². The van der Waals surface area contributed by atoms with E-state index in [-0.39, 0.29) is 5.91 Å². The van der Waals surface area contributed by atoms with Crippen LogP contribution in [-0.2, 0) is 4.79 Å². The first-order valence-electron chi connectivity index (χ1n) is 7.63. The van der Waals surface area contributed by atoms with Crippen LogP contribution in [0, 0.1) is 13.8 Å². The van der Waals surface area contributed by atoms with Crippen LogP contribution in [-0.4, -0.2) is 17.1 Å². The Balaban J connectivity index is 1.95. The van der Waals surface area contributed by atoms with Crippen LogP contribution in [0.1, 0.15) is 22.5 Å². The molecule has 25 heavy (non-hydrogen) atoms. The molecule has 0 atom stereocenters. The number of hydrogen-bond donors (Lipinski definition) is 3. The zero-order chi connectivity index (χ0) is 18.4. The van der Waals surface area contributed by atoms with Gasteiger partial charge in [0.05, 0.1) is 21.3 Å². The van der Waals surface area contributed by atoms with Gasteiger partial charge in [0.1, 0.15) is 5.82 Å². The second-order valence-corrected chi connectivity index (χ2v) is 6.58. The van der Waals surface area contributed by atoms with Crippen molar-refractivity contribution in [3.05, 3.63) is 58.3 Å². The Kier molecular flexibility index (Phi) is 6.08. The summed E-state index contributed by atoms with van der Waals surface area (Å²) in [5, 5.41) is 6.76. The third-order valence-electron chi connectivity index (χ3n) is 3.14. The first kappa shape index (κ1) is 18.4. The fourth-order valence-electron chi connectivity index (χ4n) is 2.12. The lowest BCUT2D eigenvalue weighted by Crippen LogP contribution is -2.05. The van der Waals surface area contributed by atoms with Crippen molar-refractivity contribution in [2.24, 2.45) is 10.7 Å². The van der Waals surface area contributed by atoms with Crippen molar-refractivity contribution < 1.29 is 4.79 Å². The molecule has 0 bridgehead atoms. The largest absolute Gasteiger partial charge is 0.397 e. The molecule has 0 saturated heterocycles. The van der Waals surface area contributed by atoms with Crippen LogP contribution in [0.2, 0.25) is 0 Å². The standard InChI is InChI=1S/C18H21N5OS/c1-11-18(25-14(4)21-11)17(19)9-10-20-12(2)22-15-5-7-16(8-6-15)23-13(3)24/h5-10,22H,2,19H2,1,3-4H3,(H,23,24)/b17-9-,20-10-. The average Bonchev–Trinajstić information content (AvgIpc) is 2.87. The van der Waals surface area contributed by atoms with Gasteiger partial charge in [-0.3, -0.25) is 4.79 Å². The van der Waals surface area contributed by atoms with E-state index in [1.165, 1.54) is 6.92 Å². The van der Waals surface area contributed by atoms with Gasteiger partial charge in [0.2, 0.25) is 5.91 Å². The van der Waals surface area contributed by atoms with Gasteiger partial charge >= 0.3 is 0 Å². The molecule has 6 nitrogen and oxygen atoms in total. The number of carbonyl (C=O) groups excluding carboxylic acids is 1. The van der Waals surface area contributed by atoms with Crippen LogP contribution in [0.5, 0.6) is 0 Å². The minimum absolute atomic E-state index is 0.106. The Bertz CT molecular complexity index is 834. The molecule has 2 aromatic rings. The molecule has 0 fully saturated rings. The molecule has 130 valence electrons. The fourth-order valence-corrected chi connectivity index (χ4v) is 2.98. The molecular weight excluding hydrogens is 334 g/mol.